The molecule has 0 heterocycles. The molecule has 0 atom stereocenters. The van der Waals surface area contributed by atoms with E-state index in [1.54, 1.807) is 5.57 Å². The van der Waals surface area contributed by atoms with E-state index in [0.29, 0.717) is 0 Å². The van der Waals surface area contributed by atoms with E-state index in [2.05, 4.69) is 40.3 Å². The molecular formula is C18H25BrClN. The van der Waals surface area contributed by atoms with Crippen LogP contribution in [0.1, 0.15) is 51.0 Å². The summed E-state index contributed by atoms with van der Waals surface area (Å²) in [4.78, 5) is 0. The summed E-state index contributed by atoms with van der Waals surface area (Å²) < 4.78 is 1.08. The Balaban J connectivity index is 2.17. The molecule has 21 heavy (non-hydrogen) atoms. The minimum atomic E-state index is 0.741. The number of nitrogens with one attached hydrogen (secondary N) is 1. The minimum absolute atomic E-state index is 0.741. The van der Waals surface area contributed by atoms with Gasteiger partial charge in [0, 0.05) is 16.0 Å². The first kappa shape index (κ1) is 17.1. The largest absolute Gasteiger partial charge is 0.313 e. The van der Waals surface area contributed by atoms with Crippen LogP contribution in [0.15, 0.2) is 28.2 Å². The van der Waals surface area contributed by atoms with E-state index in [9.17, 15) is 0 Å². The molecule has 0 radical (unpaired) electrons. The molecule has 1 saturated carbocycles. The number of rotatable bonds is 6. The summed E-state index contributed by atoms with van der Waals surface area (Å²) in [6.07, 6.45) is 10.4. The van der Waals surface area contributed by atoms with Crippen LogP contribution in [0, 0.1) is 5.92 Å². The molecule has 0 amide bonds. The molecule has 0 bridgehead atoms. The Labute approximate surface area is 142 Å². The van der Waals surface area contributed by atoms with Gasteiger partial charge in [-0.15, -0.1) is 0 Å². The highest BCUT2D eigenvalue weighted by Gasteiger charge is 2.17. The lowest BCUT2D eigenvalue weighted by Crippen LogP contribution is -2.23. The molecular weight excluding hydrogens is 346 g/mol. The van der Waals surface area contributed by atoms with Crippen molar-refractivity contribution in [3.63, 3.8) is 0 Å². The van der Waals surface area contributed by atoms with Crippen LogP contribution in [0.2, 0.25) is 5.02 Å². The average Bonchev–Trinajstić information content (AvgIpc) is 2.49. The van der Waals surface area contributed by atoms with E-state index in [-0.39, 0.29) is 0 Å². The zero-order valence-electron chi connectivity index (χ0n) is 12.8. The van der Waals surface area contributed by atoms with E-state index in [1.165, 1.54) is 44.1 Å². The maximum Gasteiger partial charge on any atom is 0.0417 e. The molecule has 1 aliphatic rings. The van der Waals surface area contributed by atoms with Crippen molar-refractivity contribution in [1.82, 2.24) is 5.32 Å². The highest BCUT2D eigenvalue weighted by atomic mass is 79.9. The average molecular weight is 371 g/mol. The number of hydrogen-bond acceptors (Lipinski definition) is 1. The van der Waals surface area contributed by atoms with Gasteiger partial charge in [-0.25, -0.2) is 0 Å². The predicted octanol–water partition coefficient (Wildman–Crippen LogP) is 6.07. The van der Waals surface area contributed by atoms with Gasteiger partial charge in [-0.2, -0.15) is 0 Å². The first-order valence-corrected chi connectivity index (χ1v) is 9.24. The topological polar surface area (TPSA) is 12.0 Å². The summed E-state index contributed by atoms with van der Waals surface area (Å²) in [5, 5.41) is 4.35. The highest BCUT2D eigenvalue weighted by molar-refractivity contribution is 9.10. The van der Waals surface area contributed by atoms with Crippen molar-refractivity contribution in [2.75, 3.05) is 13.1 Å². The van der Waals surface area contributed by atoms with Crippen molar-refractivity contribution >= 4 is 33.6 Å². The van der Waals surface area contributed by atoms with Crippen LogP contribution in [-0.2, 0) is 0 Å². The molecule has 1 nitrogen and oxygen atoms in total. The molecule has 1 N–H and O–H groups in total. The third-order valence-electron chi connectivity index (χ3n) is 4.19. The Morgan fingerprint density at radius 2 is 2.10 bits per heavy atom. The van der Waals surface area contributed by atoms with Crippen LogP contribution in [0.4, 0.5) is 0 Å². The van der Waals surface area contributed by atoms with Crippen LogP contribution in [0.3, 0.4) is 0 Å². The SMILES string of the molecule is CCCNC/C(=C/c1ccc(Cl)cc1Br)C1CCCCC1. The Morgan fingerprint density at radius 1 is 1.33 bits per heavy atom. The number of hydrogen-bond donors (Lipinski definition) is 1. The molecule has 0 aliphatic heterocycles. The Hall–Kier alpha value is -0.310. The van der Waals surface area contributed by atoms with Gasteiger partial charge in [-0.1, -0.05) is 71.4 Å². The Morgan fingerprint density at radius 3 is 2.76 bits per heavy atom. The van der Waals surface area contributed by atoms with Gasteiger partial charge < -0.3 is 5.32 Å². The molecule has 1 fully saturated rings. The normalized spacial score (nSPS) is 17.2. The molecule has 1 aromatic carbocycles. The second-order valence-corrected chi connectivity index (χ2v) is 7.19. The van der Waals surface area contributed by atoms with E-state index >= 15 is 0 Å². The second kappa shape index (κ2) is 8.97. The zero-order chi connectivity index (χ0) is 15.1. The van der Waals surface area contributed by atoms with Gasteiger partial charge in [0.1, 0.15) is 0 Å². The van der Waals surface area contributed by atoms with E-state index in [1.807, 2.05) is 12.1 Å². The molecule has 0 saturated heterocycles. The van der Waals surface area contributed by atoms with Crippen LogP contribution in [0.25, 0.3) is 6.08 Å². The summed E-state index contributed by atoms with van der Waals surface area (Å²) in [6.45, 7) is 4.31. The fourth-order valence-corrected chi connectivity index (χ4v) is 3.81. The van der Waals surface area contributed by atoms with Crippen LogP contribution < -0.4 is 5.32 Å². The molecule has 3 heteroatoms. The molecule has 116 valence electrons. The number of benzene rings is 1. The maximum atomic E-state index is 6.04. The molecule has 0 spiro atoms. The maximum absolute atomic E-state index is 6.04. The molecule has 1 aliphatic carbocycles. The summed E-state index contributed by atoms with van der Waals surface area (Å²) in [5.74, 6) is 0.741. The molecule has 0 aromatic heterocycles. The Bertz CT molecular complexity index is 478. The fourth-order valence-electron chi connectivity index (χ4n) is 3.01. The van der Waals surface area contributed by atoms with Crippen molar-refractivity contribution < 1.29 is 0 Å². The standard InChI is InChI=1S/C18H25BrClN/c1-2-10-21-13-16(14-6-4-3-5-7-14)11-15-8-9-17(20)12-18(15)19/h8-9,11-12,14,21H,2-7,10,13H2,1H3/b16-11-. The quantitative estimate of drug-likeness (QED) is 0.600. The number of halogens is 2. The van der Waals surface area contributed by atoms with Crippen LogP contribution in [-0.4, -0.2) is 13.1 Å². The third-order valence-corrected chi connectivity index (χ3v) is 5.11. The predicted molar refractivity (Wildman–Crippen MR) is 96.9 cm³/mol. The van der Waals surface area contributed by atoms with Crippen LogP contribution >= 0.6 is 27.5 Å². The molecule has 2 rings (SSSR count). The monoisotopic (exact) mass is 369 g/mol. The summed E-state index contributed by atoms with van der Waals surface area (Å²) in [6, 6.07) is 6.05. The van der Waals surface area contributed by atoms with E-state index in [4.69, 9.17) is 11.6 Å². The fraction of sp³-hybridized carbons (Fsp3) is 0.556. The summed E-state index contributed by atoms with van der Waals surface area (Å²) in [7, 11) is 0. The van der Waals surface area contributed by atoms with Crippen LogP contribution in [0.5, 0.6) is 0 Å². The lowest BCUT2D eigenvalue weighted by atomic mass is 9.83. The zero-order valence-corrected chi connectivity index (χ0v) is 15.1. The summed E-state index contributed by atoms with van der Waals surface area (Å²) >= 11 is 9.67. The van der Waals surface area contributed by atoms with Gasteiger partial charge in [-0.05, 0) is 49.4 Å². The van der Waals surface area contributed by atoms with Crippen molar-refractivity contribution in [2.45, 2.75) is 45.4 Å². The summed E-state index contributed by atoms with van der Waals surface area (Å²) in [5.41, 5.74) is 2.78. The van der Waals surface area contributed by atoms with Gasteiger partial charge in [0.25, 0.3) is 0 Å². The van der Waals surface area contributed by atoms with E-state index in [0.717, 1.165) is 28.5 Å². The Kier molecular flexibility index (Phi) is 7.28. The first-order chi connectivity index (χ1) is 10.2. The van der Waals surface area contributed by atoms with Crippen molar-refractivity contribution in [2.24, 2.45) is 5.92 Å². The van der Waals surface area contributed by atoms with Gasteiger partial charge >= 0.3 is 0 Å². The lowest BCUT2D eigenvalue weighted by molar-refractivity contribution is 0.396. The third kappa shape index (κ3) is 5.43. The van der Waals surface area contributed by atoms with Gasteiger partial charge in [-0.3, -0.25) is 0 Å². The minimum Gasteiger partial charge on any atom is -0.313 e. The van der Waals surface area contributed by atoms with Gasteiger partial charge in [0.05, 0.1) is 0 Å². The molecule has 0 unspecified atom stereocenters. The smallest absolute Gasteiger partial charge is 0.0417 e. The molecule has 1 aromatic rings. The second-order valence-electron chi connectivity index (χ2n) is 5.90. The van der Waals surface area contributed by atoms with Crippen molar-refractivity contribution in [3.05, 3.63) is 38.8 Å². The van der Waals surface area contributed by atoms with Gasteiger partial charge in [0.2, 0.25) is 0 Å². The van der Waals surface area contributed by atoms with Crippen molar-refractivity contribution in [3.8, 4) is 0 Å². The van der Waals surface area contributed by atoms with Crippen molar-refractivity contribution in [1.29, 1.82) is 0 Å². The lowest BCUT2D eigenvalue weighted by Gasteiger charge is -2.25. The van der Waals surface area contributed by atoms with Gasteiger partial charge in [0.15, 0.2) is 0 Å². The first-order valence-electron chi connectivity index (χ1n) is 8.07. The highest BCUT2D eigenvalue weighted by Crippen LogP contribution is 2.32. The van der Waals surface area contributed by atoms with E-state index < -0.39 is 0 Å².